The van der Waals surface area contributed by atoms with E-state index in [4.69, 9.17) is 24.9 Å². The van der Waals surface area contributed by atoms with Gasteiger partial charge in [0.25, 0.3) is 0 Å². The van der Waals surface area contributed by atoms with Gasteiger partial charge in [-0.15, -0.1) is 6.58 Å². The number of para-hydroxylation sites is 2. The van der Waals surface area contributed by atoms with Crippen molar-refractivity contribution in [3.8, 4) is 0 Å². The molecule has 11 nitrogen and oxygen atoms in total. The Bertz CT molecular complexity index is 2510. The number of anilines is 4. The van der Waals surface area contributed by atoms with E-state index in [9.17, 15) is 0 Å². The van der Waals surface area contributed by atoms with Crippen LogP contribution >= 0.6 is 0 Å². The fraction of sp³-hybridized carbons (Fsp3) is 0.744. The van der Waals surface area contributed by atoms with E-state index >= 15 is 0 Å². The molecule has 0 radical (unpaired) electrons. The molecule has 1 fully saturated rings. The van der Waals surface area contributed by atoms with Crippen molar-refractivity contribution in [2.75, 3.05) is 56.2 Å². The van der Waals surface area contributed by atoms with Gasteiger partial charge in [0.2, 0.25) is 17.9 Å². The third kappa shape index (κ3) is 29.3. The van der Waals surface area contributed by atoms with Crippen LogP contribution in [0.4, 0.5) is 23.3 Å². The molecule has 0 bridgehead atoms. The zero-order valence-corrected chi connectivity index (χ0v) is 62.8. The van der Waals surface area contributed by atoms with Crippen LogP contribution in [0.2, 0.25) is 0 Å². The van der Waals surface area contributed by atoms with E-state index in [-0.39, 0.29) is 16.5 Å². The summed E-state index contributed by atoms with van der Waals surface area (Å²) in [5.74, 6) is 7.36. The lowest BCUT2D eigenvalue weighted by Gasteiger charge is -2.45. The zero-order chi connectivity index (χ0) is 67.8. The van der Waals surface area contributed by atoms with E-state index in [0.29, 0.717) is 17.9 Å². The maximum absolute atomic E-state index is 5.31. The normalized spacial score (nSPS) is 17.9. The van der Waals surface area contributed by atoms with Crippen LogP contribution in [0.1, 0.15) is 314 Å². The monoisotopic (exact) mass is 1280 g/mol. The van der Waals surface area contributed by atoms with Crippen molar-refractivity contribution < 1.29 is 0 Å². The molecule has 1 aliphatic rings. The molecule has 0 spiro atoms. The largest absolute Gasteiger partial charge is 0.354 e. The van der Waals surface area contributed by atoms with Gasteiger partial charge in [-0.25, -0.2) is 9.98 Å². The molecule has 0 saturated heterocycles. The number of benzene rings is 2. The van der Waals surface area contributed by atoms with Crippen LogP contribution < -0.4 is 21.3 Å². The van der Waals surface area contributed by atoms with Gasteiger partial charge in [0.05, 0.1) is 0 Å². The molecule has 1 heterocycles. The second-order valence-electron chi connectivity index (χ2n) is 30.1. The Balaban J connectivity index is 1.26. The minimum absolute atomic E-state index is 0.131. The molecule has 1 aromatic heterocycles. The summed E-state index contributed by atoms with van der Waals surface area (Å²) in [4.78, 5) is 29.7. The third-order valence-electron chi connectivity index (χ3n) is 22.3. The van der Waals surface area contributed by atoms with Crippen molar-refractivity contribution in [1.82, 2.24) is 30.1 Å². The van der Waals surface area contributed by atoms with Crippen molar-refractivity contribution in [1.29, 1.82) is 0 Å². The van der Waals surface area contributed by atoms with Crippen LogP contribution in [-0.2, 0) is 5.41 Å². The molecule has 1 aliphatic carbocycles. The lowest BCUT2D eigenvalue weighted by Crippen LogP contribution is -2.54. The summed E-state index contributed by atoms with van der Waals surface area (Å²) >= 11 is 0. The van der Waals surface area contributed by atoms with E-state index in [0.717, 1.165) is 111 Å². The molecule has 11 heteroatoms. The summed E-state index contributed by atoms with van der Waals surface area (Å²) in [6.45, 7) is 40.3. The summed E-state index contributed by atoms with van der Waals surface area (Å²) in [5, 5.41) is 14.5. The molecule has 3 aromatic rings. The predicted octanol–water partition coefficient (Wildman–Crippen LogP) is 23.1. The maximum Gasteiger partial charge on any atom is 0.232 e. The van der Waals surface area contributed by atoms with Gasteiger partial charge >= 0.3 is 0 Å². The standard InChI is InChI=1S/C82H143N11/c1-17-23-25-41-53-69-61-62-70(54-42-33-29-27-31-35-49-63-83-76-89-75(79(9,10)19-3)90-77(91-76)88-72-57-45-40-46-58-72)74(73(69)59-47-26-24-18-2)60-48-34-30-28-32-36-50-64-84-82(14,22-6)81(13,21-5)67(7)85-78(87-68(8)86-71-55-43-39-44-56-71)92(15)65-51-37-38-52-66-93(16)80(11,12)20-4/h21,39-40,43-46,55-58,69-70,73-74,84H,5,7,17-20,22-38,41-42,47-54,59-66H2,1-4,6,8-16H3,(H,85,86,87)(H2,83,88,89,90,91). The summed E-state index contributed by atoms with van der Waals surface area (Å²) < 4.78 is 0. The Morgan fingerprint density at radius 1 is 0.538 bits per heavy atom. The third-order valence-corrected chi connectivity index (χ3v) is 22.3. The van der Waals surface area contributed by atoms with Crippen LogP contribution in [0.3, 0.4) is 0 Å². The molecule has 526 valence electrons. The number of aromatic nitrogens is 3. The van der Waals surface area contributed by atoms with Crippen LogP contribution in [0.15, 0.2) is 95.6 Å². The van der Waals surface area contributed by atoms with E-state index in [1.807, 2.05) is 55.5 Å². The fourth-order valence-corrected chi connectivity index (χ4v) is 14.2. The molecular formula is C82H143N11. The average Bonchev–Trinajstić information content (AvgIpc) is 0.897. The summed E-state index contributed by atoms with van der Waals surface area (Å²) in [6.07, 6.45) is 48.4. The van der Waals surface area contributed by atoms with Crippen LogP contribution in [0.25, 0.3) is 0 Å². The van der Waals surface area contributed by atoms with Gasteiger partial charge in [-0.05, 0) is 173 Å². The number of nitrogens with zero attached hydrogens (tertiary/aromatic N) is 7. The Labute approximate surface area is 573 Å². The summed E-state index contributed by atoms with van der Waals surface area (Å²) in [5.41, 5.74) is 2.12. The summed E-state index contributed by atoms with van der Waals surface area (Å²) in [7, 11) is 4.40. The first-order valence-corrected chi connectivity index (χ1v) is 38.6. The number of unbranched alkanes of at least 4 members (excludes halogenated alkanes) is 21. The number of rotatable bonds is 51. The number of amidine groups is 1. The smallest absolute Gasteiger partial charge is 0.232 e. The fourth-order valence-electron chi connectivity index (χ4n) is 14.2. The lowest BCUT2D eigenvalue weighted by molar-refractivity contribution is 0.0581. The molecule has 4 rings (SSSR count). The second-order valence-corrected chi connectivity index (χ2v) is 30.1. The summed E-state index contributed by atoms with van der Waals surface area (Å²) in [6, 6.07) is 20.5. The van der Waals surface area contributed by atoms with Crippen LogP contribution in [0.5, 0.6) is 0 Å². The minimum atomic E-state index is -0.494. The van der Waals surface area contributed by atoms with Crippen molar-refractivity contribution >= 4 is 35.1 Å². The predicted molar refractivity (Wildman–Crippen MR) is 409 cm³/mol. The van der Waals surface area contributed by atoms with Gasteiger partial charge in [0, 0.05) is 59.1 Å². The Morgan fingerprint density at radius 3 is 1.53 bits per heavy atom. The molecule has 4 N–H and O–H groups in total. The number of hydrogen-bond donors (Lipinski definition) is 4. The Kier molecular flexibility index (Phi) is 39.1. The van der Waals surface area contributed by atoms with E-state index in [1.54, 1.807) is 0 Å². The first-order valence-electron chi connectivity index (χ1n) is 38.6. The van der Waals surface area contributed by atoms with E-state index < -0.39 is 5.41 Å². The number of hydrogen-bond acceptors (Lipinski definition) is 8. The highest BCUT2D eigenvalue weighted by Crippen LogP contribution is 2.48. The Hall–Kier alpha value is -4.61. The van der Waals surface area contributed by atoms with Gasteiger partial charge in [-0.1, -0.05) is 252 Å². The zero-order valence-electron chi connectivity index (χ0n) is 62.8. The number of guanidine groups is 1. The SMILES string of the molecule is C=CC(C)(C(=C)/N=C(\N=C(/C)Nc1ccccc1)N(C)CCCCCCN(C)C(C)(C)CC)C(C)(CC)NCCCCCCCCCC1C(CCCCCCCCCNc2nc(Nc3ccccc3)nc(C(C)(C)CC)n2)CCC(CCCCCC)C1CCCCCC. The van der Waals surface area contributed by atoms with Crippen LogP contribution in [0, 0.1) is 29.1 Å². The van der Waals surface area contributed by atoms with E-state index in [1.165, 1.54) is 193 Å². The molecule has 0 amide bonds. The highest BCUT2D eigenvalue weighted by atomic mass is 15.3. The molecule has 6 atom stereocenters. The Morgan fingerprint density at radius 2 is 1.01 bits per heavy atom. The van der Waals surface area contributed by atoms with Gasteiger partial charge < -0.3 is 31.1 Å². The van der Waals surface area contributed by atoms with Gasteiger partial charge in [0.1, 0.15) is 11.7 Å². The number of aliphatic imine (C=N–C) groups is 2. The van der Waals surface area contributed by atoms with Gasteiger partial charge in [0.15, 0.2) is 0 Å². The molecule has 2 aromatic carbocycles. The molecular weight excluding hydrogens is 1140 g/mol. The van der Waals surface area contributed by atoms with Gasteiger partial charge in [-0.3, -0.25) is 0 Å². The van der Waals surface area contributed by atoms with Gasteiger partial charge in [-0.2, -0.15) is 15.0 Å². The average molecular weight is 1280 g/mol. The second kappa shape index (κ2) is 45.0. The quantitative estimate of drug-likeness (QED) is 0.0190. The highest BCUT2D eigenvalue weighted by Gasteiger charge is 2.44. The minimum Gasteiger partial charge on any atom is -0.354 e. The maximum atomic E-state index is 5.31. The molecule has 93 heavy (non-hydrogen) atoms. The van der Waals surface area contributed by atoms with Crippen molar-refractivity contribution in [3.63, 3.8) is 0 Å². The molecule has 1 saturated carbocycles. The lowest BCUT2D eigenvalue weighted by atomic mass is 9.61. The van der Waals surface area contributed by atoms with Crippen molar-refractivity contribution in [3.05, 3.63) is 91.4 Å². The van der Waals surface area contributed by atoms with E-state index in [2.05, 4.69) is 153 Å². The first-order chi connectivity index (χ1) is 44.8. The topological polar surface area (TPSA) is 118 Å². The highest BCUT2D eigenvalue weighted by molar-refractivity contribution is 6.02. The first kappa shape index (κ1) is 80.8. The van der Waals surface area contributed by atoms with Crippen molar-refractivity contribution in [2.45, 2.75) is 324 Å². The number of nitrogens with one attached hydrogen (secondary N) is 4. The van der Waals surface area contributed by atoms with Crippen molar-refractivity contribution in [2.24, 2.45) is 39.1 Å². The molecule has 6 unspecified atom stereocenters. The molecule has 0 aliphatic heterocycles. The van der Waals surface area contributed by atoms with Crippen LogP contribution in [-0.4, -0.2) is 87.9 Å².